The molecule has 6 rings (SSSR count). The Morgan fingerprint density at radius 3 is 2.47 bits per heavy atom. The standard InChI is InChI=1S/C26H30N8O3S/c1-16-22(33(3)31-28-16)19-14-20-21(27-15-19)24-25(26(29-32(24)2)30-38(4,35)36)34(20)23(17-8-6-5-7-9-17)18-10-12-37-13-11-18/h5-9,14-15,18,23H,10-13H2,1-4H3,(H,29,30)/t23-/m1/s1. The Kier molecular flexibility index (Phi) is 5.95. The Hall–Kier alpha value is -3.77. The third-order valence-electron chi connectivity index (χ3n) is 7.30. The number of pyridine rings is 1. The number of fused-ring (bicyclic) bond motifs is 3. The molecule has 0 radical (unpaired) electrons. The highest BCUT2D eigenvalue weighted by atomic mass is 32.2. The second-order valence-corrected chi connectivity index (χ2v) is 11.7. The first-order chi connectivity index (χ1) is 18.2. The van der Waals surface area contributed by atoms with E-state index in [9.17, 15) is 8.42 Å². The molecule has 0 saturated carbocycles. The number of nitrogens with one attached hydrogen (secondary N) is 1. The van der Waals surface area contributed by atoms with Crippen molar-refractivity contribution in [3.63, 3.8) is 0 Å². The van der Waals surface area contributed by atoms with Crippen LogP contribution in [0.3, 0.4) is 0 Å². The number of anilines is 1. The molecule has 1 aromatic carbocycles. The zero-order chi connectivity index (χ0) is 26.6. The first-order valence-corrected chi connectivity index (χ1v) is 14.5. The highest BCUT2D eigenvalue weighted by molar-refractivity contribution is 7.92. The summed E-state index contributed by atoms with van der Waals surface area (Å²) < 4.78 is 38.8. The summed E-state index contributed by atoms with van der Waals surface area (Å²) in [5, 5.41) is 13.0. The number of sulfonamides is 1. The first kappa shape index (κ1) is 24.6. The first-order valence-electron chi connectivity index (χ1n) is 12.6. The quantitative estimate of drug-likeness (QED) is 0.354. The van der Waals surface area contributed by atoms with Gasteiger partial charge in [0.2, 0.25) is 10.0 Å². The van der Waals surface area contributed by atoms with Gasteiger partial charge in [-0.15, -0.1) is 5.10 Å². The lowest BCUT2D eigenvalue weighted by molar-refractivity contribution is 0.0553. The van der Waals surface area contributed by atoms with E-state index in [1.807, 2.05) is 45.4 Å². The van der Waals surface area contributed by atoms with Crippen molar-refractivity contribution in [1.82, 2.24) is 34.3 Å². The van der Waals surface area contributed by atoms with Crippen LogP contribution in [0.15, 0.2) is 42.6 Å². The van der Waals surface area contributed by atoms with Gasteiger partial charge in [-0.2, -0.15) is 5.10 Å². The monoisotopic (exact) mass is 534 g/mol. The van der Waals surface area contributed by atoms with Crippen LogP contribution in [0.2, 0.25) is 0 Å². The second-order valence-electron chi connectivity index (χ2n) is 9.96. The molecule has 12 heteroatoms. The fourth-order valence-electron chi connectivity index (χ4n) is 5.78. The van der Waals surface area contributed by atoms with Gasteiger partial charge < -0.3 is 9.30 Å². The maximum Gasteiger partial charge on any atom is 0.231 e. The third-order valence-corrected chi connectivity index (χ3v) is 7.86. The Morgan fingerprint density at radius 2 is 1.82 bits per heavy atom. The van der Waals surface area contributed by atoms with E-state index in [4.69, 9.17) is 9.72 Å². The van der Waals surface area contributed by atoms with Gasteiger partial charge in [-0.25, -0.2) is 13.1 Å². The molecule has 38 heavy (non-hydrogen) atoms. The van der Waals surface area contributed by atoms with Gasteiger partial charge in [-0.3, -0.25) is 14.4 Å². The smallest absolute Gasteiger partial charge is 0.231 e. The number of aromatic nitrogens is 7. The average molecular weight is 535 g/mol. The SMILES string of the molecule is Cc1nnn(C)c1-c1cnc2c3c(c(NS(C)(=O)=O)nn3C)n([C@H](c3ccccc3)C3CCOCC3)c2c1. The normalized spacial score (nSPS) is 15.9. The van der Waals surface area contributed by atoms with Crippen LogP contribution in [0, 0.1) is 12.8 Å². The lowest BCUT2D eigenvalue weighted by Gasteiger charge is -2.33. The molecule has 1 aliphatic heterocycles. The third kappa shape index (κ3) is 4.13. The van der Waals surface area contributed by atoms with Gasteiger partial charge in [0.1, 0.15) is 16.6 Å². The fraction of sp³-hybridized carbons (Fsp3) is 0.385. The molecule has 1 N–H and O–H groups in total. The number of hydrogen-bond acceptors (Lipinski definition) is 7. The molecule has 4 aromatic heterocycles. The van der Waals surface area contributed by atoms with Crippen molar-refractivity contribution in [2.24, 2.45) is 20.0 Å². The van der Waals surface area contributed by atoms with Crippen LogP contribution in [-0.4, -0.2) is 62.2 Å². The number of ether oxygens (including phenoxy) is 1. The molecule has 1 fully saturated rings. The summed E-state index contributed by atoms with van der Waals surface area (Å²) in [7, 11) is 0.0998. The van der Waals surface area contributed by atoms with E-state index in [1.165, 1.54) is 0 Å². The highest BCUT2D eigenvalue weighted by Crippen LogP contribution is 2.43. The Bertz CT molecular complexity index is 1730. The van der Waals surface area contributed by atoms with E-state index in [-0.39, 0.29) is 17.8 Å². The van der Waals surface area contributed by atoms with Crippen molar-refractivity contribution in [1.29, 1.82) is 0 Å². The molecule has 198 valence electrons. The van der Waals surface area contributed by atoms with Crippen LogP contribution in [0.1, 0.15) is 30.1 Å². The van der Waals surface area contributed by atoms with Crippen molar-refractivity contribution in [2.75, 3.05) is 24.2 Å². The lowest BCUT2D eigenvalue weighted by atomic mass is 9.86. The zero-order valence-electron chi connectivity index (χ0n) is 21.8. The van der Waals surface area contributed by atoms with Crippen LogP contribution in [-0.2, 0) is 28.9 Å². The number of rotatable bonds is 6. The number of nitrogens with zero attached hydrogens (tertiary/aromatic N) is 7. The molecule has 11 nitrogen and oxygen atoms in total. The lowest BCUT2D eigenvalue weighted by Crippen LogP contribution is -2.27. The van der Waals surface area contributed by atoms with E-state index in [0.29, 0.717) is 18.7 Å². The van der Waals surface area contributed by atoms with E-state index >= 15 is 0 Å². The summed E-state index contributed by atoms with van der Waals surface area (Å²) in [4.78, 5) is 4.91. The molecule has 5 heterocycles. The van der Waals surface area contributed by atoms with Crippen LogP contribution in [0.25, 0.3) is 33.3 Å². The van der Waals surface area contributed by atoms with Gasteiger partial charge in [0.05, 0.1) is 29.2 Å². The van der Waals surface area contributed by atoms with Gasteiger partial charge in [-0.1, -0.05) is 35.5 Å². The summed E-state index contributed by atoms with van der Waals surface area (Å²) >= 11 is 0. The van der Waals surface area contributed by atoms with Gasteiger partial charge in [0, 0.05) is 39.1 Å². The van der Waals surface area contributed by atoms with Crippen LogP contribution in [0.5, 0.6) is 0 Å². The van der Waals surface area contributed by atoms with Crippen molar-refractivity contribution in [3.8, 4) is 11.3 Å². The molecule has 0 bridgehead atoms. The van der Waals surface area contributed by atoms with Crippen LogP contribution >= 0.6 is 0 Å². The summed E-state index contributed by atoms with van der Waals surface area (Å²) in [5.74, 6) is 0.552. The minimum atomic E-state index is -3.58. The molecule has 0 spiro atoms. The molecule has 5 aromatic rings. The average Bonchev–Trinajstić information content (AvgIpc) is 3.51. The van der Waals surface area contributed by atoms with E-state index in [1.54, 1.807) is 9.36 Å². The van der Waals surface area contributed by atoms with Crippen LogP contribution in [0.4, 0.5) is 5.82 Å². The molecule has 0 amide bonds. The minimum absolute atomic E-state index is 0.0905. The molecule has 1 atom stereocenters. The molecular formula is C26H30N8O3S. The van der Waals surface area contributed by atoms with Gasteiger partial charge in [0.25, 0.3) is 0 Å². The van der Waals surface area contributed by atoms with Crippen LogP contribution < -0.4 is 4.72 Å². The Morgan fingerprint density at radius 1 is 1.08 bits per heavy atom. The van der Waals surface area contributed by atoms with Gasteiger partial charge >= 0.3 is 0 Å². The molecule has 0 unspecified atom stereocenters. The van der Waals surface area contributed by atoms with Crippen molar-refractivity contribution < 1.29 is 13.2 Å². The molecule has 1 saturated heterocycles. The zero-order valence-corrected chi connectivity index (χ0v) is 22.6. The molecule has 0 aliphatic carbocycles. The van der Waals surface area contributed by atoms with Crippen molar-refractivity contribution >= 4 is 37.9 Å². The number of aryl methyl sites for hydroxylation is 3. The summed E-state index contributed by atoms with van der Waals surface area (Å²) in [5.41, 5.74) is 6.83. The Labute approximate surface area is 220 Å². The summed E-state index contributed by atoms with van der Waals surface area (Å²) in [6.45, 7) is 3.29. The topological polar surface area (TPSA) is 122 Å². The highest BCUT2D eigenvalue weighted by Gasteiger charge is 2.33. The maximum absolute atomic E-state index is 12.4. The predicted octanol–water partition coefficient (Wildman–Crippen LogP) is 3.41. The van der Waals surface area contributed by atoms with E-state index < -0.39 is 10.0 Å². The van der Waals surface area contributed by atoms with Crippen molar-refractivity contribution in [2.45, 2.75) is 25.8 Å². The Balaban J connectivity index is 1.72. The maximum atomic E-state index is 12.4. The summed E-state index contributed by atoms with van der Waals surface area (Å²) in [6, 6.07) is 12.4. The fourth-order valence-corrected chi connectivity index (χ4v) is 6.27. The van der Waals surface area contributed by atoms with Gasteiger partial charge in [-0.05, 0) is 37.3 Å². The number of benzene rings is 1. The molecular weight excluding hydrogens is 504 g/mol. The van der Waals surface area contributed by atoms with Gasteiger partial charge in [0.15, 0.2) is 5.82 Å². The summed E-state index contributed by atoms with van der Waals surface area (Å²) in [6.07, 6.45) is 4.73. The van der Waals surface area contributed by atoms with E-state index in [0.717, 1.165) is 58.2 Å². The number of hydrogen-bond donors (Lipinski definition) is 1. The second kappa shape index (κ2) is 9.21. The molecule has 1 aliphatic rings. The minimum Gasteiger partial charge on any atom is -0.381 e. The van der Waals surface area contributed by atoms with E-state index in [2.05, 4.69) is 42.9 Å². The predicted molar refractivity (Wildman–Crippen MR) is 145 cm³/mol. The van der Waals surface area contributed by atoms with Crippen molar-refractivity contribution in [3.05, 3.63) is 53.9 Å². The largest absolute Gasteiger partial charge is 0.381 e.